The van der Waals surface area contributed by atoms with Gasteiger partial charge in [0, 0.05) is 6.04 Å². The molecule has 3 aromatic rings. The highest BCUT2D eigenvalue weighted by atomic mass is 35.5. The van der Waals surface area contributed by atoms with Crippen LogP contribution in [0.15, 0.2) is 42.5 Å². The predicted molar refractivity (Wildman–Crippen MR) is 84.0 cm³/mol. The number of imidazole rings is 1. The molecule has 0 saturated carbocycles. The number of fused-ring (bicyclic) bond motifs is 1. The van der Waals surface area contributed by atoms with E-state index in [9.17, 15) is 4.39 Å². The van der Waals surface area contributed by atoms with E-state index in [0.29, 0.717) is 16.5 Å². The topological polar surface area (TPSA) is 43.8 Å². The number of benzene rings is 2. The highest BCUT2D eigenvalue weighted by molar-refractivity contribution is 6.35. The fourth-order valence-electron chi connectivity index (χ4n) is 2.62. The van der Waals surface area contributed by atoms with Crippen molar-refractivity contribution in [1.29, 1.82) is 0 Å². The Labute approximate surface area is 127 Å². The van der Waals surface area contributed by atoms with Crippen molar-refractivity contribution in [2.75, 3.05) is 5.73 Å². The number of nitrogens with zero attached hydrogens (tertiary/aromatic N) is 2. The zero-order valence-corrected chi connectivity index (χ0v) is 12.3. The Hall–Kier alpha value is -2.07. The second-order valence-corrected chi connectivity index (χ2v) is 5.53. The third kappa shape index (κ3) is 2.59. The molecule has 0 fully saturated rings. The van der Waals surface area contributed by atoms with E-state index in [1.54, 1.807) is 18.2 Å². The van der Waals surface area contributed by atoms with Gasteiger partial charge in [-0.25, -0.2) is 9.37 Å². The number of anilines is 1. The Kier molecular flexibility index (Phi) is 3.55. The molecule has 2 N–H and O–H groups in total. The van der Waals surface area contributed by atoms with Gasteiger partial charge in [0.05, 0.1) is 10.5 Å². The third-order valence-corrected chi connectivity index (χ3v) is 3.89. The van der Waals surface area contributed by atoms with Crippen LogP contribution in [-0.2, 0) is 6.42 Å². The zero-order chi connectivity index (χ0) is 15.0. The molecule has 0 aliphatic rings. The molecule has 3 rings (SSSR count). The lowest BCUT2D eigenvalue weighted by Gasteiger charge is -2.16. The minimum absolute atomic E-state index is 0.0962. The van der Waals surface area contributed by atoms with E-state index in [4.69, 9.17) is 17.3 Å². The van der Waals surface area contributed by atoms with Crippen LogP contribution in [0.3, 0.4) is 0 Å². The van der Waals surface area contributed by atoms with Crippen LogP contribution in [0.25, 0.3) is 11.0 Å². The molecule has 108 valence electrons. The number of para-hydroxylation sites is 1. The van der Waals surface area contributed by atoms with Gasteiger partial charge in [-0.1, -0.05) is 29.8 Å². The first-order chi connectivity index (χ1) is 10.1. The first kappa shape index (κ1) is 13.9. The van der Waals surface area contributed by atoms with E-state index in [0.717, 1.165) is 17.5 Å². The summed E-state index contributed by atoms with van der Waals surface area (Å²) in [5.74, 6) is 0.207. The van der Waals surface area contributed by atoms with Crippen LogP contribution in [0.4, 0.5) is 10.3 Å². The lowest BCUT2D eigenvalue weighted by atomic mass is 10.1. The van der Waals surface area contributed by atoms with Gasteiger partial charge in [0.15, 0.2) is 0 Å². The van der Waals surface area contributed by atoms with E-state index in [-0.39, 0.29) is 11.9 Å². The second kappa shape index (κ2) is 5.37. The van der Waals surface area contributed by atoms with Gasteiger partial charge in [-0.05, 0) is 43.2 Å². The van der Waals surface area contributed by atoms with Crippen LogP contribution >= 0.6 is 11.6 Å². The zero-order valence-electron chi connectivity index (χ0n) is 11.6. The maximum atomic E-state index is 13.0. The number of aromatic nitrogens is 2. The average molecular weight is 304 g/mol. The van der Waals surface area contributed by atoms with Crippen molar-refractivity contribution in [3.8, 4) is 0 Å². The number of rotatable bonds is 3. The molecule has 0 spiro atoms. The third-order valence-electron chi connectivity index (χ3n) is 3.58. The Balaban J connectivity index is 1.98. The van der Waals surface area contributed by atoms with Crippen LogP contribution in [0.5, 0.6) is 0 Å². The lowest BCUT2D eigenvalue weighted by Crippen LogP contribution is -2.11. The average Bonchev–Trinajstić information content (AvgIpc) is 2.79. The van der Waals surface area contributed by atoms with Gasteiger partial charge >= 0.3 is 0 Å². The van der Waals surface area contributed by atoms with Gasteiger partial charge in [0.25, 0.3) is 0 Å². The molecule has 1 atom stereocenters. The standard InChI is InChI=1S/C16H15ClFN3/c1-10(9-11-5-7-12(18)8-6-11)21-14-4-2-3-13(17)15(14)20-16(21)19/h2-8,10H,9H2,1H3,(H2,19,20). The van der Waals surface area contributed by atoms with Crippen LogP contribution < -0.4 is 5.73 Å². The Morgan fingerprint density at radius 3 is 2.67 bits per heavy atom. The molecule has 1 aromatic heterocycles. The van der Waals surface area contributed by atoms with E-state index in [1.807, 2.05) is 16.7 Å². The van der Waals surface area contributed by atoms with Gasteiger partial charge in [-0.2, -0.15) is 0 Å². The molecular formula is C16H15ClFN3. The van der Waals surface area contributed by atoms with Crippen LogP contribution in [0, 0.1) is 5.82 Å². The maximum Gasteiger partial charge on any atom is 0.201 e. The van der Waals surface area contributed by atoms with Crippen molar-refractivity contribution in [2.24, 2.45) is 0 Å². The first-order valence-corrected chi connectivity index (χ1v) is 7.10. The van der Waals surface area contributed by atoms with Crippen molar-refractivity contribution >= 4 is 28.6 Å². The maximum absolute atomic E-state index is 13.0. The van der Waals surface area contributed by atoms with Crippen molar-refractivity contribution in [1.82, 2.24) is 9.55 Å². The van der Waals surface area contributed by atoms with Gasteiger partial charge in [0.2, 0.25) is 5.95 Å². The molecule has 0 radical (unpaired) electrons. The summed E-state index contributed by atoms with van der Waals surface area (Å²) in [7, 11) is 0. The van der Waals surface area contributed by atoms with Crippen molar-refractivity contribution in [2.45, 2.75) is 19.4 Å². The molecule has 2 aromatic carbocycles. The number of hydrogen-bond donors (Lipinski definition) is 1. The molecule has 5 heteroatoms. The molecule has 0 amide bonds. The fraction of sp³-hybridized carbons (Fsp3) is 0.188. The molecule has 0 saturated heterocycles. The molecule has 0 bridgehead atoms. The molecule has 1 heterocycles. The number of hydrogen-bond acceptors (Lipinski definition) is 2. The summed E-state index contributed by atoms with van der Waals surface area (Å²) in [5, 5.41) is 0.590. The lowest BCUT2D eigenvalue weighted by molar-refractivity contribution is 0.565. The van der Waals surface area contributed by atoms with Gasteiger partial charge in [-0.15, -0.1) is 0 Å². The summed E-state index contributed by atoms with van der Waals surface area (Å²) >= 11 is 6.15. The van der Waals surface area contributed by atoms with Gasteiger partial charge in [0.1, 0.15) is 11.3 Å². The first-order valence-electron chi connectivity index (χ1n) is 6.72. The van der Waals surface area contributed by atoms with Crippen molar-refractivity contribution in [3.63, 3.8) is 0 Å². The normalized spacial score (nSPS) is 12.7. The number of halogens is 2. The van der Waals surface area contributed by atoms with Crippen LogP contribution in [-0.4, -0.2) is 9.55 Å². The predicted octanol–water partition coefficient (Wildman–Crippen LogP) is 4.21. The fourth-order valence-corrected chi connectivity index (χ4v) is 2.83. The van der Waals surface area contributed by atoms with Gasteiger partial charge < -0.3 is 10.3 Å². The Bertz CT molecular complexity index is 780. The summed E-state index contributed by atoms with van der Waals surface area (Å²) in [5.41, 5.74) is 8.70. The highest BCUT2D eigenvalue weighted by Gasteiger charge is 2.16. The summed E-state index contributed by atoms with van der Waals surface area (Å²) in [4.78, 5) is 4.34. The molecular weight excluding hydrogens is 289 g/mol. The molecule has 0 aliphatic carbocycles. The molecule has 0 aliphatic heterocycles. The largest absolute Gasteiger partial charge is 0.369 e. The minimum Gasteiger partial charge on any atom is -0.369 e. The van der Waals surface area contributed by atoms with Crippen LogP contribution in [0.2, 0.25) is 5.02 Å². The molecule has 3 nitrogen and oxygen atoms in total. The molecule has 21 heavy (non-hydrogen) atoms. The van der Waals surface area contributed by atoms with Gasteiger partial charge in [-0.3, -0.25) is 0 Å². The van der Waals surface area contributed by atoms with Crippen LogP contribution in [0.1, 0.15) is 18.5 Å². The Morgan fingerprint density at radius 2 is 1.95 bits per heavy atom. The smallest absolute Gasteiger partial charge is 0.201 e. The summed E-state index contributed by atoms with van der Waals surface area (Å²) in [6.07, 6.45) is 0.739. The quantitative estimate of drug-likeness (QED) is 0.787. The van der Waals surface area contributed by atoms with E-state index in [1.165, 1.54) is 12.1 Å². The molecule has 1 unspecified atom stereocenters. The number of nitrogen functional groups attached to an aromatic ring is 1. The van der Waals surface area contributed by atoms with E-state index in [2.05, 4.69) is 11.9 Å². The summed E-state index contributed by atoms with van der Waals surface area (Å²) < 4.78 is 14.9. The van der Waals surface area contributed by atoms with E-state index < -0.39 is 0 Å². The van der Waals surface area contributed by atoms with E-state index >= 15 is 0 Å². The minimum atomic E-state index is -0.231. The second-order valence-electron chi connectivity index (χ2n) is 5.13. The summed E-state index contributed by atoms with van der Waals surface area (Å²) in [6.45, 7) is 2.06. The Morgan fingerprint density at radius 1 is 1.24 bits per heavy atom. The van der Waals surface area contributed by atoms with Crippen molar-refractivity contribution in [3.05, 3.63) is 58.9 Å². The highest BCUT2D eigenvalue weighted by Crippen LogP contribution is 2.29. The monoisotopic (exact) mass is 303 g/mol. The number of nitrogens with two attached hydrogens (primary N) is 1. The van der Waals surface area contributed by atoms with Crippen molar-refractivity contribution < 1.29 is 4.39 Å². The summed E-state index contributed by atoms with van der Waals surface area (Å²) in [6, 6.07) is 12.2. The SMILES string of the molecule is CC(Cc1ccc(F)cc1)n1c(N)nc2c(Cl)cccc21.